The summed E-state index contributed by atoms with van der Waals surface area (Å²) in [6.07, 6.45) is 9.54. The van der Waals surface area contributed by atoms with Gasteiger partial charge in [-0.15, -0.1) is 0 Å². The number of hydrogen-bond acceptors (Lipinski definition) is 12. The lowest BCUT2D eigenvalue weighted by atomic mass is 9.99. The number of nitrogens with one attached hydrogen (secondary N) is 2. The molecule has 2 aromatic carbocycles. The summed E-state index contributed by atoms with van der Waals surface area (Å²) in [5.41, 5.74) is 5.59. The quantitative estimate of drug-likeness (QED) is 0.170. The Labute approximate surface area is 298 Å². The van der Waals surface area contributed by atoms with Gasteiger partial charge in [-0.1, -0.05) is 18.5 Å². The van der Waals surface area contributed by atoms with Crippen LogP contribution in [0.5, 0.6) is 5.75 Å². The number of hydrogen-bond donors (Lipinski definition) is 2. The van der Waals surface area contributed by atoms with E-state index in [0.29, 0.717) is 61.4 Å². The summed E-state index contributed by atoms with van der Waals surface area (Å²) in [5, 5.41) is 8.43. The molecule has 2 fully saturated rings. The van der Waals surface area contributed by atoms with Gasteiger partial charge in [0.1, 0.15) is 30.3 Å². The predicted octanol–water partition coefficient (Wildman–Crippen LogP) is 6.14. The van der Waals surface area contributed by atoms with Crippen molar-refractivity contribution < 1.29 is 9.30 Å². The molecule has 0 saturated carbocycles. The molecule has 2 aliphatic heterocycles. The molecular weight excluding hydrogens is 671 g/mol. The molecule has 2 N–H and O–H groups in total. The van der Waals surface area contributed by atoms with E-state index in [1.165, 1.54) is 17.6 Å². The molecule has 0 atom stereocenters. The monoisotopic (exact) mass is 714 g/mol. The van der Waals surface area contributed by atoms with Crippen molar-refractivity contribution in [3.63, 3.8) is 0 Å². The lowest BCUT2D eigenvalue weighted by molar-refractivity contribution is 0.0982. The first-order valence-corrected chi connectivity index (χ1v) is 20.1. The van der Waals surface area contributed by atoms with Crippen molar-refractivity contribution in [3.05, 3.63) is 59.8 Å². The van der Waals surface area contributed by atoms with Crippen LogP contribution in [-0.2, 0) is 11.0 Å². The number of ether oxygens (including phenoxy) is 1. The van der Waals surface area contributed by atoms with E-state index in [2.05, 4.69) is 71.4 Å². The summed E-state index contributed by atoms with van der Waals surface area (Å²) >= 11 is 6.97. The molecule has 5 aromatic rings. The highest BCUT2D eigenvalue weighted by atomic mass is 35.5. The molecule has 7 rings (SSSR count). The lowest BCUT2D eigenvalue weighted by Crippen LogP contribution is -2.52. The number of piperidine rings is 1. The topological polar surface area (TPSA) is 125 Å². The third-order valence-electron chi connectivity index (χ3n) is 9.90. The summed E-state index contributed by atoms with van der Waals surface area (Å²) in [4.78, 5) is 30.3. The van der Waals surface area contributed by atoms with Crippen LogP contribution in [0.2, 0.25) is 5.02 Å². The Morgan fingerprint density at radius 2 is 1.68 bits per heavy atom. The van der Waals surface area contributed by atoms with Gasteiger partial charge in [-0.25, -0.2) is 15.0 Å². The van der Waals surface area contributed by atoms with Crippen molar-refractivity contribution in [2.75, 3.05) is 82.3 Å². The van der Waals surface area contributed by atoms with Crippen molar-refractivity contribution in [1.82, 2.24) is 34.7 Å². The fourth-order valence-corrected chi connectivity index (χ4v) is 8.85. The molecule has 262 valence electrons. The summed E-state index contributed by atoms with van der Waals surface area (Å²) in [6.45, 7) is 12.2. The molecule has 0 radical (unpaired) electrons. The molecule has 0 amide bonds. The van der Waals surface area contributed by atoms with Gasteiger partial charge in [-0.3, -0.25) is 14.9 Å². The molecule has 12 nitrogen and oxygen atoms in total. The van der Waals surface area contributed by atoms with Gasteiger partial charge in [0, 0.05) is 81.0 Å². The Bertz CT molecular complexity index is 2080. The molecule has 0 bridgehead atoms. The average molecular weight is 715 g/mol. The van der Waals surface area contributed by atoms with E-state index in [1.54, 1.807) is 39.0 Å². The molecule has 14 heteroatoms. The molecule has 50 heavy (non-hydrogen) atoms. The SMILES string of the molecule is CCc1cc(Nc2nc(Nc3ccc4nccnc4c3P(C)(C)=O)c(Cl)c3cncnc23)c(OC)cc1N1CCC(N2CCN(C)CC2)CC1. The standard InChI is InChI=1S/C36H44ClN10O2P/c1-6-23-19-28(30(49-3)20-29(23)47-13-9-24(10-14-47)46-17-15-45(2)16-18-46)43-36-32-25(21-38-22-41-32)31(37)35(44-36)42-27-8-7-26-33(40-12-11-39-26)34(27)50(4,5)48/h7-8,11-12,19-22,24H,6,9-10,13-18H2,1-5H3,(H2,42,43,44). The summed E-state index contributed by atoms with van der Waals surface area (Å²) in [6, 6.07) is 8.62. The van der Waals surface area contributed by atoms with E-state index >= 15 is 0 Å². The maximum absolute atomic E-state index is 13.6. The molecule has 2 saturated heterocycles. The highest BCUT2D eigenvalue weighted by Crippen LogP contribution is 2.43. The molecule has 2 aliphatic rings. The van der Waals surface area contributed by atoms with Crippen LogP contribution in [0.4, 0.5) is 28.7 Å². The van der Waals surface area contributed by atoms with Crippen molar-refractivity contribution >= 4 is 74.7 Å². The van der Waals surface area contributed by atoms with Crippen molar-refractivity contribution in [1.29, 1.82) is 0 Å². The van der Waals surface area contributed by atoms with Gasteiger partial charge in [0.15, 0.2) is 11.6 Å². The highest BCUT2D eigenvalue weighted by Gasteiger charge is 2.29. The Balaban J connectivity index is 1.21. The molecule has 3 aromatic heterocycles. The number of anilines is 5. The van der Waals surface area contributed by atoms with Crippen molar-refractivity contribution in [2.45, 2.75) is 32.2 Å². The number of piperazine rings is 1. The summed E-state index contributed by atoms with van der Waals surface area (Å²) in [7, 11) is 1.08. The number of halogens is 1. The van der Waals surface area contributed by atoms with Crippen LogP contribution in [0.3, 0.4) is 0 Å². The minimum Gasteiger partial charge on any atom is -0.494 e. The van der Waals surface area contributed by atoms with Crippen molar-refractivity contribution in [3.8, 4) is 5.75 Å². The maximum atomic E-state index is 13.6. The van der Waals surface area contributed by atoms with Gasteiger partial charge >= 0.3 is 0 Å². The van der Waals surface area contributed by atoms with Crippen molar-refractivity contribution in [2.24, 2.45) is 0 Å². The number of methoxy groups -OCH3 is 1. The normalized spacial score (nSPS) is 16.6. The van der Waals surface area contributed by atoms with E-state index in [4.69, 9.17) is 21.3 Å². The van der Waals surface area contributed by atoms with Crippen LogP contribution in [0.15, 0.2) is 49.2 Å². The molecule has 0 aliphatic carbocycles. The first-order chi connectivity index (χ1) is 24.1. The van der Waals surface area contributed by atoms with E-state index in [-0.39, 0.29) is 0 Å². The largest absolute Gasteiger partial charge is 0.494 e. The number of fused-ring (bicyclic) bond motifs is 2. The van der Waals surface area contributed by atoms with E-state index in [1.807, 2.05) is 12.1 Å². The fourth-order valence-electron chi connectivity index (χ4n) is 7.23. The van der Waals surface area contributed by atoms with E-state index in [0.717, 1.165) is 64.2 Å². The van der Waals surface area contributed by atoms with Crippen LogP contribution in [-0.4, -0.2) is 108 Å². The van der Waals surface area contributed by atoms with Gasteiger partial charge in [0.2, 0.25) is 0 Å². The Morgan fingerprint density at radius 3 is 2.40 bits per heavy atom. The molecular formula is C36H44ClN10O2P. The maximum Gasteiger partial charge on any atom is 0.159 e. The number of nitrogens with zero attached hydrogens (tertiary/aromatic N) is 8. The average Bonchev–Trinajstić information content (AvgIpc) is 3.13. The zero-order valence-corrected chi connectivity index (χ0v) is 30.9. The van der Waals surface area contributed by atoms with Crippen LogP contribution < -0.4 is 25.6 Å². The van der Waals surface area contributed by atoms with E-state index < -0.39 is 7.14 Å². The van der Waals surface area contributed by atoms with E-state index in [9.17, 15) is 4.57 Å². The fraction of sp³-hybridized carbons (Fsp3) is 0.417. The Morgan fingerprint density at radius 1 is 0.940 bits per heavy atom. The number of pyridine rings is 1. The summed E-state index contributed by atoms with van der Waals surface area (Å²) in [5.74, 6) is 1.55. The second-order valence-electron chi connectivity index (χ2n) is 13.5. The van der Waals surface area contributed by atoms with Crippen LogP contribution in [0, 0.1) is 0 Å². The smallest absolute Gasteiger partial charge is 0.159 e. The number of aromatic nitrogens is 5. The number of aryl methyl sites for hydroxylation is 1. The predicted molar refractivity (Wildman–Crippen MR) is 204 cm³/mol. The highest BCUT2D eigenvalue weighted by molar-refractivity contribution is 7.71. The zero-order chi connectivity index (χ0) is 35.0. The second-order valence-corrected chi connectivity index (χ2v) is 17.0. The first kappa shape index (κ1) is 34.4. The third kappa shape index (κ3) is 6.82. The van der Waals surface area contributed by atoms with Gasteiger partial charge in [0.05, 0.1) is 34.3 Å². The number of likely N-dealkylation sites (N-methyl/N-ethyl adjacent to an activating group) is 1. The van der Waals surface area contributed by atoms with Gasteiger partial charge in [-0.2, -0.15) is 0 Å². The molecule has 0 spiro atoms. The minimum absolute atomic E-state index is 0.343. The zero-order valence-electron chi connectivity index (χ0n) is 29.3. The van der Waals surface area contributed by atoms with Crippen LogP contribution in [0.25, 0.3) is 21.9 Å². The van der Waals surface area contributed by atoms with Gasteiger partial charge in [-0.05, 0) is 63.4 Å². The minimum atomic E-state index is -2.82. The van der Waals surface area contributed by atoms with Crippen LogP contribution >= 0.6 is 18.7 Å². The van der Waals surface area contributed by atoms with Gasteiger partial charge < -0.3 is 29.7 Å². The number of rotatable bonds is 9. The Kier molecular flexibility index (Phi) is 9.80. The lowest BCUT2D eigenvalue weighted by Gasteiger charge is -2.43. The van der Waals surface area contributed by atoms with Crippen LogP contribution in [0.1, 0.15) is 25.3 Å². The number of benzene rings is 2. The second kappa shape index (κ2) is 14.3. The molecule has 0 unspecified atom stereocenters. The molecule has 5 heterocycles. The Hall–Kier alpha value is -4.09. The van der Waals surface area contributed by atoms with Gasteiger partial charge in [0.25, 0.3) is 0 Å². The summed E-state index contributed by atoms with van der Waals surface area (Å²) < 4.78 is 19.6. The first-order valence-electron chi connectivity index (χ1n) is 17.2. The third-order valence-corrected chi connectivity index (χ3v) is 11.8.